The molecule has 0 aliphatic carbocycles. The van der Waals surface area contributed by atoms with Crippen molar-refractivity contribution < 1.29 is 9.59 Å². The van der Waals surface area contributed by atoms with Crippen molar-refractivity contribution in [3.8, 4) is 0 Å². The number of carbonyl (C=O) groups excluding carboxylic acids is 2. The Morgan fingerprint density at radius 2 is 1.67 bits per heavy atom. The van der Waals surface area contributed by atoms with E-state index in [0.29, 0.717) is 16.8 Å². The Morgan fingerprint density at radius 1 is 0.963 bits per heavy atom. The molecule has 27 heavy (non-hydrogen) atoms. The number of rotatable bonds is 4. The smallest absolute Gasteiger partial charge is 0.251 e. The summed E-state index contributed by atoms with van der Waals surface area (Å²) in [6, 6.07) is 10.6. The zero-order chi connectivity index (χ0) is 19.6. The summed E-state index contributed by atoms with van der Waals surface area (Å²) >= 11 is 3.42. The van der Waals surface area contributed by atoms with Gasteiger partial charge in [-0.15, -0.1) is 0 Å². The zero-order valence-electron chi connectivity index (χ0n) is 15.3. The summed E-state index contributed by atoms with van der Waals surface area (Å²) < 4.78 is 0.971. The maximum absolute atomic E-state index is 12.4. The van der Waals surface area contributed by atoms with Crippen molar-refractivity contribution >= 4 is 44.5 Å². The van der Waals surface area contributed by atoms with Crippen LogP contribution in [0.2, 0.25) is 0 Å². The fourth-order valence-electron chi connectivity index (χ4n) is 2.56. The molecule has 0 aliphatic heterocycles. The minimum absolute atomic E-state index is 0.120. The minimum Gasteiger partial charge on any atom is -0.343 e. The molecule has 0 radical (unpaired) electrons. The van der Waals surface area contributed by atoms with Crippen LogP contribution in [-0.2, 0) is 4.79 Å². The van der Waals surface area contributed by atoms with Crippen molar-refractivity contribution in [1.82, 2.24) is 15.3 Å². The van der Waals surface area contributed by atoms with Crippen LogP contribution in [-0.4, -0.2) is 28.3 Å². The molecule has 0 fully saturated rings. The van der Waals surface area contributed by atoms with Crippen LogP contribution < -0.4 is 10.6 Å². The summed E-state index contributed by atoms with van der Waals surface area (Å²) in [4.78, 5) is 33.3. The maximum Gasteiger partial charge on any atom is 0.251 e. The second kappa shape index (κ2) is 7.84. The van der Waals surface area contributed by atoms with Gasteiger partial charge in [-0.3, -0.25) is 9.59 Å². The molecule has 0 unspecified atom stereocenters. The third-order valence-electron chi connectivity index (χ3n) is 4.19. The second-order valence-electron chi connectivity index (χ2n) is 6.29. The largest absolute Gasteiger partial charge is 0.343 e. The van der Waals surface area contributed by atoms with E-state index in [9.17, 15) is 9.59 Å². The highest BCUT2D eigenvalue weighted by Crippen LogP contribution is 2.20. The average molecular weight is 427 g/mol. The molecule has 138 valence electrons. The van der Waals surface area contributed by atoms with Gasteiger partial charge in [-0.05, 0) is 62.7 Å². The molecule has 0 saturated carbocycles. The first kappa shape index (κ1) is 19.0. The van der Waals surface area contributed by atoms with Crippen LogP contribution in [0.25, 0.3) is 11.0 Å². The molecule has 2 aromatic carbocycles. The molecule has 0 aliphatic rings. The molecule has 3 rings (SSSR count). The van der Waals surface area contributed by atoms with Gasteiger partial charge in [-0.1, -0.05) is 15.9 Å². The van der Waals surface area contributed by atoms with Crippen LogP contribution in [0.1, 0.15) is 27.3 Å². The van der Waals surface area contributed by atoms with E-state index in [1.807, 2.05) is 32.9 Å². The number of aryl methyl sites for hydroxylation is 3. The second-order valence-corrected chi connectivity index (χ2v) is 7.15. The number of fused-ring (bicyclic) bond motifs is 1. The van der Waals surface area contributed by atoms with E-state index in [4.69, 9.17) is 0 Å². The topological polar surface area (TPSA) is 84.0 Å². The van der Waals surface area contributed by atoms with Gasteiger partial charge in [0.1, 0.15) is 0 Å². The van der Waals surface area contributed by atoms with Crippen LogP contribution in [0.3, 0.4) is 0 Å². The molecule has 6 nitrogen and oxygen atoms in total. The van der Waals surface area contributed by atoms with Crippen molar-refractivity contribution in [2.75, 3.05) is 11.9 Å². The summed E-state index contributed by atoms with van der Waals surface area (Å²) in [5, 5.41) is 5.39. The monoisotopic (exact) mass is 426 g/mol. The highest BCUT2D eigenvalue weighted by Gasteiger charge is 2.11. The average Bonchev–Trinajstić information content (AvgIpc) is 2.63. The van der Waals surface area contributed by atoms with Gasteiger partial charge in [-0.2, -0.15) is 0 Å². The Bertz CT molecular complexity index is 1050. The summed E-state index contributed by atoms with van der Waals surface area (Å²) in [6.45, 7) is 5.59. The van der Waals surface area contributed by atoms with Crippen LogP contribution in [0.4, 0.5) is 5.69 Å². The van der Waals surface area contributed by atoms with Crippen molar-refractivity contribution in [2.45, 2.75) is 20.8 Å². The third kappa shape index (κ3) is 4.49. The van der Waals surface area contributed by atoms with E-state index in [0.717, 1.165) is 26.9 Å². The lowest BCUT2D eigenvalue weighted by atomic mass is 10.1. The van der Waals surface area contributed by atoms with Crippen LogP contribution in [0.15, 0.2) is 40.9 Å². The molecule has 1 aromatic heterocycles. The van der Waals surface area contributed by atoms with E-state index >= 15 is 0 Å². The molecule has 2 N–H and O–H groups in total. The Labute approximate surface area is 165 Å². The van der Waals surface area contributed by atoms with Crippen LogP contribution in [0, 0.1) is 20.8 Å². The SMILES string of the molecule is Cc1cc(NC(=O)CNC(=O)c2ccc3nc(C)c(C)nc3c2)ccc1Br. The lowest BCUT2D eigenvalue weighted by Crippen LogP contribution is -2.32. The number of hydrogen-bond acceptors (Lipinski definition) is 4. The molecule has 3 aromatic rings. The van der Waals surface area contributed by atoms with Crippen LogP contribution >= 0.6 is 15.9 Å². The molecular formula is C20H19BrN4O2. The van der Waals surface area contributed by atoms with Crippen molar-refractivity contribution in [3.05, 3.63) is 63.4 Å². The van der Waals surface area contributed by atoms with Crippen molar-refractivity contribution in [1.29, 1.82) is 0 Å². The molecule has 0 atom stereocenters. The normalized spacial score (nSPS) is 10.7. The Balaban J connectivity index is 1.64. The molecular weight excluding hydrogens is 408 g/mol. The van der Waals surface area contributed by atoms with Gasteiger partial charge in [0.2, 0.25) is 5.91 Å². The minimum atomic E-state index is -0.334. The van der Waals surface area contributed by atoms with E-state index in [2.05, 4.69) is 36.5 Å². The summed E-state index contributed by atoms with van der Waals surface area (Å²) in [5.41, 5.74) is 5.20. The number of carbonyl (C=O) groups is 2. The molecule has 0 saturated heterocycles. The number of nitrogens with one attached hydrogen (secondary N) is 2. The zero-order valence-corrected chi connectivity index (χ0v) is 16.8. The van der Waals surface area contributed by atoms with E-state index in [1.54, 1.807) is 24.3 Å². The lowest BCUT2D eigenvalue weighted by molar-refractivity contribution is -0.115. The highest BCUT2D eigenvalue weighted by molar-refractivity contribution is 9.10. The number of nitrogens with zero attached hydrogens (tertiary/aromatic N) is 2. The lowest BCUT2D eigenvalue weighted by Gasteiger charge is -2.09. The van der Waals surface area contributed by atoms with Gasteiger partial charge < -0.3 is 10.6 Å². The number of amides is 2. The van der Waals surface area contributed by atoms with Crippen molar-refractivity contribution in [2.24, 2.45) is 0 Å². The molecule has 2 amide bonds. The van der Waals surface area contributed by atoms with Crippen molar-refractivity contribution in [3.63, 3.8) is 0 Å². The first-order valence-electron chi connectivity index (χ1n) is 8.42. The van der Waals surface area contributed by atoms with Gasteiger partial charge in [0, 0.05) is 15.7 Å². The highest BCUT2D eigenvalue weighted by atomic mass is 79.9. The number of halogens is 1. The van der Waals surface area contributed by atoms with Gasteiger partial charge in [0.05, 0.1) is 29.0 Å². The summed E-state index contributed by atoms with van der Waals surface area (Å²) in [5.74, 6) is -0.629. The summed E-state index contributed by atoms with van der Waals surface area (Å²) in [6.07, 6.45) is 0. The Kier molecular flexibility index (Phi) is 5.51. The van der Waals surface area contributed by atoms with Crippen LogP contribution in [0.5, 0.6) is 0 Å². The van der Waals surface area contributed by atoms with E-state index < -0.39 is 0 Å². The quantitative estimate of drug-likeness (QED) is 0.666. The number of anilines is 1. The number of hydrogen-bond donors (Lipinski definition) is 2. The van der Waals surface area contributed by atoms with E-state index in [-0.39, 0.29) is 18.4 Å². The first-order valence-corrected chi connectivity index (χ1v) is 9.22. The van der Waals surface area contributed by atoms with Gasteiger partial charge in [0.15, 0.2) is 0 Å². The maximum atomic E-state index is 12.4. The van der Waals surface area contributed by atoms with E-state index in [1.165, 1.54) is 0 Å². The molecule has 0 spiro atoms. The first-order chi connectivity index (χ1) is 12.8. The van der Waals surface area contributed by atoms with Gasteiger partial charge in [-0.25, -0.2) is 9.97 Å². The number of benzene rings is 2. The summed E-state index contributed by atoms with van der Waals surface area (Å²) in [7, 11) is 0. The van der Waals surface area contributed by atoms with Gasteiger partial charge in [0.25, 0.3) is 5.91 Å². The standard InChI is InChI=1S/C20H19BrN4O2/c1-11-8-15(5-6-16(11)21)25-19(26)10-22-20(27)14-4-7-17-18(9-14)24-13(3)12(2)23-17/h4-9H,10H2,1-3H3,(H,22,27)(H,25,26). The fourth-order valence-corrected chi connectivity index (χ4v) is 2.81. The molecule has 7 heteroatoms. The number of aromatic nitrogens is 2. The fraction of sp³-hybridized carbons (Fsp3) is 0.200. The predicted octanol–water partition coefficient (Wildman–Crippen LogP) is 3.69. The van der Waals surface area contributed by atoms with Gasteiger partial charge >= 0.3 is 0 Å². The Morgan fingerprint density at radius 3 is 2.37 bits per heavy atom. The third-order valence-corrected chi connectivity index (χ3v) is 5.08. The molecule has 1 heterocycles. The Hall–Kier alpha value is -2.80. The predicted molar refractivity (Wildman–Crippen MR) is 109 cm³/mol. The molecule has 0 bridgehead atoms.